The molecule has 0 saturated heterocycles. The molecule has 212 valence electrons. The van der Waals surface area contributed by atoms with Crippen LogP contribution in [0.25, 0.3) is 0 Å². The van der Waals surface area contributed by atoms with Crippen molar-refractivity contribution in [1.29, 1.82) is 0 Å². The highest BCUT2D eigenvalue weighted by Gasteiger charge is 2.15. The molecule has 12 nitrogen and oxygen atoms in total. The third-order valence-electron chi connectivity index (χ3n) is 5.96. The van der Waals surface area contributed by atoms with Crippen LogP contribution in [-0.2, 0) is 22.6 Å². The van der Waals surface area contributed by atoms with E-state index in [1.54, 1.807) is 50.2 Å². The number of nitrogen functional groups attached to an aromatic ring is 1. The second kappa shape index (κ2) is 12.6. The molecule has 1 aromatic heterocycles. The summed E-state index contributed by atoms with van der Waals surface area (Å²) in [5.41, 5.74) is 1.30. The molecule has 4 aromatic rings. The maximum atomic E-state index is 13.2. The van der Waals surface area contributed by atoms with Crippen molar-refractivity contribution in [1.82, 2.24) is 13.8 Å². The first-order valence-corrected chi connectivity index (χ1v) is 12.8. The Kier molecular flexibility index (Phi) is 8.82. The second-order valence-electron chi connectivity index (χ2n) is 8.86. The van der Waals surface area contributed by atoms with Gasteiger partial charge < -0.3 is 20.1 Å². The summed E-state index contributed by atoms with van der Waals surface area (Å²) in [4.78, 5) is 53.8. The summed E-state index contributed by atoms with van der Waals surface area (Å²) < 4.78 is 18.2. The zero-order valence-corrected chi connectivity index (χ0v) is 22.8. The van der Waals surface area contributed by atoms with Gasteiger partial charge in [-0.05, 0) is 74.9 Å². The van der Waals surface area contributed by atoms with Crippen LogP contribution in [0.1, 0.15) is 35.3 Å². The van der Waals surface area contributed by atoms with Gasteiger partial charge in [-0.25, -0.2) is 28.7 Å². The minimum atomic E-state index is -1.07. The normalized spacial score (nSPS) is 11.2. The Bertz CT molecular complexity index is 1730. The molecule has 0 radical (unpaired) electrons. The van der Waals surface area contributed by atoms with E-state index in [-0.39, 0.29) is 30.9 Å². The number of aryl methyl sites for hydroxylation is 1. The van der Waals surface area contributed by atoms with E-state index < -0.39 is 23.5 Å². The summed E-state index contributed by atoms with van der Waals surface area (Å²) >= 11 is 0. The first-order chi connectivity index (χ1) is 19.7. The summed E-state index contributed by atoms with van der Waals surface area (Å²) in [5.74, 6) is 6.16. The third kappa shape index (κ3) is 6.79. The van der Waals surface area contributed by atoms with Crippen LogP contribution in [0, 0.1) is 6.92 Å². The molecular formula is C29H29N5O7. The van der Waals surface area contributed by atoms with Gasteiger partial charge in [-0.3, -0.25) is 4.57 Å². The molecule has 41 heavy (non-hydrogen) atoms. The number of esters is 1. The van der Waals surface area contributed by atoms with Crippen molar-refractivity contribution in [3.63, 3.8) is 0 Å². The van der Waals surface area contributed by atoms with Crippen molar-refractivity contribution < 1.29 is 23.8 Å². The molecule has 0 atom stereocenters. The lowest BCUT2D eigenvalue weighted by molar-refractivity contribution is 0.0401. The number of carbonyl (C=O) groups is 2. The quantitative estimate of drug-likeness (QED) is 0.196. The van der Waals surface area contributed by atoms with Gasteiger partial charge in [0.15, 0.2) is 0 Å². The highest BCUT2D eigenvalue weighted by atomic mass is 16.7. The molecule has 1 heterocycles. The van der Waals surface area contributed by atoms with E-state index in [9.17, 15) is 19.2 Å². The van der Waals surface area contributed by atoms with Crippen LogP contribution in [-0.4, -0.2) is 32.5 Å². The smallest absolute Gasteiger partial charge is 0.457 e. The molecule has 0 spiro atoms. The summed E-state index contributed by atoms with van der Waals surface area (Å²) in [7, 11) is 0. The van der Waals surface area contributed by atoms with Gasteiger partial charge in [0.05, 0.1) is 24.4 Å². The maximum Gasteiger partial charge on any atom is 0.516 e. The van der Waals surface area contributed by atoms with Crippen LogP contribution in [0.2, 0.25) is 0 Å². The van der Waals surface area contributed by atoms with Crippen LogP contribution in [0.5, 0.6) is 11.5 Å². The Hall–Kier alpha value is -5.39. The number of carbonyl (C=O) groups excluding carboxylic acids is 2. The lowest BCUT2D eigenvalue weighted by atomic mass is 10.1. The molecule has 4 rings (SSSR count). The molecular weight excluding hydrogens is 530 g/mol. The highest BCUT2D eigenvalue weighted by molar-refractivity contribution is 5.95. The van der Waals surface area contributed by atoms with Crippen molar-refractivity contribution in [2.45, 2.75) is 33.9 Å². The van der Waals surface area contributed by atoms with Gasteiger partial charge in [0.25, 0.3) is 0 Å². The molecule has 0 saturated carbocycles. The Morgan fingerprint density at radius 3 is 2.02 bits per heavy atom. The molecule has 0 amide bonds. The van der Waals surface area contributed by atoms with Crippen LogP contribution < -0.4 is 27.6 Å². The molecule has 3 aromatic carbocycles. The van der Waals surface area contributed by atoms with Crippen molar-refractivity contribution in [2.75, 3.05) is 12.4 Å². The lowest BCUT2D eigenvalue weighted by Crippen LogP contribution is -2.57. The van der Waals surface area contributed by atoms with Gasteiger partial charge in [-0.2, -0.15) is 4.68 Å². The molecule has 0 bridgehead atoms. The van der Waals surface area contributed by atoms with Gasteiger partial charge in [0.1, 0.15) is 11.5 Å². The number of hydrogen-bond acceptors (Lipinski definition) is 9. The van der Waals surface area contributed by atoms with Crippen molar-refractivity contribution in [3.8, 4) is 11.5 Å². The number of rotatable bonds is 8. The van der Waals surface area contributed by atoms with Crippen LogP contribution in [0.3, 0.4) is 0 Å². The third-order valence-corrected chi connectivity index (χ3v) is 5.96. The van der Waals surface area contributed by atoms with Gasteiger partial charge >= 0.3 is 23.5 Å². The zero-order valence-electron chi connectivity index (χ0n) is 22.8. The SMILES string of the molecule is CCOC(=O)OC(=O)c1ccc(Oc2ccc(N=c3n(N)c(=O)n(CC)c(=O)n3Cc3ccc(C)cc3)cc2)cc1. The van der Waals surface area contributed by atoms with E-state index >= 15 is 0 Å². The topological polar surface area (TPSA) is 149 Å². The number of hydrogen-bond donors (Lipinski definition) is 1. The predicted octanol–water partition coefficient (Wildman–Crippen LogP) is 3.24. The number of nitrogens with zero attached hydrogens (tertiary/aromatic N) is 4. The van der Waals surface area contributed by atoms with Gasteiger partial charge in [0.2, 0.25) is 5.62 Å². The summed E-state index contributed by atoms with van der Waals surface area (Å²) in [6, 6.07) is 20.3. The van der Waals surface area contributed by atoms with Crippen molar-refractivity contribution in [3.05, 3.63) is 116 Å². The van der Waals surface area contributed by atoms with Crippen LogP contribution >= 0.6 is 0 Å². The van der Waals surface area contributed by atoms with Crippen molar-refractivity contribution >= 4 is 17.8 Å². The standard InChI is InChI=1S/C29H29N5O7/c1-4-32-27(36)33(18-20-8-6-19(3)7-9-20)26(34(30)28(32)37)31-22-12-16-24(17-13-22)40-23-14-10-21(11-15-23)25(35)41-29(38)39-5-2/h6-17H,4-5,18,30H2,1-3H3. The van der Waals surface area contributed by atoms with Crippen LogP contribution in [0.15, 0.2) is 87.4 Å². The fraction of sp³-hybridized carbons (Fsp3) is 0.207. The fourth-order valence-electron chi connectivity index (χ4n) is 3.84. The monoisotopic (exact) mass is 559 g/mol. The highest BCUT2D eigenvalue weighted by Crippen LogP contribution is 2.24. The number of nitrogens with two attached hydrogens (primary N) is 1. The summed E-state index contributed by atoms with van der Waals surface area (Å²) in [6.07, 6.45) is -1.07. The summed E-state index contributed by atoms with van der Waals surface area (Å²) in [6.45, 7) is 5.67. The minimum absolute atomic E-state index is 0.00997. The number of aromatic nitrogens is 3. The van der Waals surface area contributed by atoms with E-state index in [1.807, 2.05) is 31.2 Å². The molecule has 0 unspecified atom stereocenters. The van der Waals surface area contributed by atoms with E-state index in [1.165, 1.54) is 16.7 Å². The molecule has 0 fully saturated rings. The Morgan fingerprint density at radius 2 is 1.44 bits per heavy atom. The average molecular weight is 560 g/mol. The first-order valence-electron chi connectivity index (χ1n) is 12.8. The maximum absolute atomic E-state index is 13.2. The Morgan fingerprint density at radius 1 is 0.829 bits per heavy atom. The molecule has 2 N–H and O–H groups in total. The molecule has 0 aliphatic rings. The fourth-order valence-corrected chi connectivity index (χ4v) is 3.84. The summed E-state index contributed by atoms with van der Waals surface area (Å²) in [5, 5.41) is 0. The lowest BCUT2D eigenvalue weighted by Gasteiger charge is -2.13. The Labute approximate surface area is 234 Å². The van der Waals surface area contributed by atoms with Crippen molar-refractivity contribution in [2.24, 2.45) is 4.99 Å². The number of benzene rings is 3. The van der Waals surface area contributed by atoms with Gasteiger partial charge in [0, 0.05) is 6.54 Å². The number of ether oxygens (including phenoxy) is 3. The first kappa shape index (κ1) is 28.6. The van der Waals surface area contributed by atoms with E-state index in [4.69, 9.17) is 10.6 Å². The van der Waals surface area contributed by atoms with E-state index in [2.05, 4.69) is 14.5 Å². The van der Waals surface area contributed by atoms with Gasteiger partial charge in [-0.1, -0.05) is 29.8 Å². The molecule has 12 heteroatoms. The van der Waals surface area contributed by atoms with E-state index in [0.717, 1.165) is 20.4 Å². The van der Waals surface area contributed by atoms with Gasteiger partial charge in [-0.15, -0.1) is 0 Å². The molecule has 0 aliphatic carbocycles. The van der Waals surface area contributed by atoms with Crippen LogP contribution in [0.4, 0.5) is 10.5 Å². The average Bonchev–Trinajstić information content (AvgIpc) is 2.96. The second-order valence-corrected chi connectivity index (χ2v) is 8.86. The Balaban J connectivity index is 1.59. The zero-order chi connectivity index (χ0) is 29.5. The predicted molar refractivity (Wildman–Crippen MR) is 150 cm³/mol. The minimum Gasteiger partial charge on any atom is -0.457 e. The van der Waals surface area contributed by atoms with E-state index in [0.29, 0.717) is 17.2 Å². The largest absolute Gasteiger partial charge is 0.516 e. The molecule has 0 aliphatic heterocycles.